The van der Waals surface area contributed by atoms with Gasteiger partial charge in [0, 0.05) is 5.39 Å². The van der Waals surface area contributed by atoms with E-state index in [0.717, 1.165) is 11.8 Å². The molecule has 3 aromatic rings. The largest absolute Gasteiger partial charge is 0.508 e. The molecule has 0 amide bonds. The summed E-state index contributed by atoms with van der Waals surface area (Å²) in [5.74, 6) is 0.258. The maximum Gasteiger partial charge on any atom is 0.152 e. The minimum Gasteiger partial charge on any atom is -0.508 e. The molecule has 5 heteroatoms. The topological polar surface area (TPSA) is 95.9 Å². The monoisotopic (exact) mass is 310 g/mol. The minimum atomic E-state index is -0.0481. The van der Waals surface area contributed by atoms with Crippen LogP contribution >= 0.6 is 0 Å². The van der Waals surface area contributed by atoms with E-state index in [1.165, 1.54) is 11.6 Å². The van der Waals surface area contributed by atoms with Gasteiger partial charge < -0.3 is 15.9 Å². The molecule has 0 bridgehead atoms. The third-order valence-electron chi connectivity index (χ3n) is 3.35. The summed E-state index contributed by atoms with van der Waals surface area (Å²) >= 11 is 0. The highest BCUT2D eigenvalue weighted by molar-refractivity contribution is 5.92. The van der Waals surface area contributed by atoms with Crippen molar-refractivity contribution in [1.29, 1.82) is 0 Å². The summed E-state index contributed by atoms with van der Waals surface area (Å²) in [4.78, 5) is 10.3. The quantitative estimate of drug-likeness (QED) is 0.640. The summed E-state index contributed by atoms with van der Waals surface area (Å²) in [7, 11) is 0. The van der Waals surface area contributed by atoms with Gasteiger partial charge in [0.1, 0.15) is 11.4 Å². The number of nitrogens with two attached hydrogens (primary N) is 1. The van der Waals surface area contributed by atoms with Gasteiger partial charge in [-0.1, -0.05) is 42.5 Å². The van der Waals surface area contributed by atoms with E-state index in [4.69, 9.17) is 10.8 Å². The van der Waals surface area contributed by atoms with Gasteiger partial charge in [-0.05, 0) is 47.3 Å². The maximum absolute atomic E-state index is 10.3. The minimum absolute atomic E-state index is 0.0481. The van der Waals surface area contributed by atoms with Crippen molar-refractivity contribution in [1.82, 2.24) is 0 Å². The number of hydrogen-bond acceptors (Lipinski definition) is 5. The number of nitroso groups, excluding NO2 is 1. The van der Waals surface area contributed by atoms with Crippen molar-refractivity contribution in [3.63, 3.8) is 0 Å². The Bertz CT molecular complexity index is 786. The van der Waals surface area contributed by atoms with E-state index in [-0.39, 0.29) is 11.4 Å². The van der Waals surface area contributed by atoms with Crippen molar-refractivity contribution in [3.05, 3.63) is 71.1 Å². The van der Waals surface area contributed by atoms with Crippen LogP contribution in [0.25, 0.3) is 10.8 Å². The van der Waals surface area contributed by atoms with Gasteiger partial charge in [0.2, 0.25) is 0 Å². The number of fused-ring (bicyclic) bond motifs is 1. The molecule has 0 aliphatic carbocycles. The first-order valence-electron chi connectivity index (χ1n) is 7.17. The highest BCUT2D eigenvalue weighted by Gasteiger charge is 2.04. The van der Waals surface area contributed by atoms with Crippen molar-refractivity contribution in [2.75, 3.05) is 6.54 Å². The van der Waals surface area contributed by atoms with Crippen LogP contribution in [0.1, 0.15) is 5.56 Å². The van der Waals surface area contributed by atoms with Crippen LogP contribution in [0.5, 0.6) is 11.5 Å². The lowest BCUT2D eigenvalue weighted by Crippen LogP contribution is -2.01. The fourth-order valence-corrected chi connectivity index (χ4v) is 2.15. The molecule has 0 unspecified atom stereocenters. The molecule has 3 aromatic carbocycles. The van der Waals surface area contributed by atoms with E-state index in [0.29, 0.717) is 17.7 Å². The maximum atomic E-state index is 10.3. The molecule has 5 nitrogen and oxygen atoms in total. The SMILES string of the molecule is NCCc1ccc(O)cc1.O=Nc1ccc2ccccc2c1O. The second-order valence-corrected chi connectivity index (χ2v) is 4.95. The van der Waals surface area contributed by atoms with E-state index >= 15 is 0 Å². The average molecular weight is 310 g/mol. The van der Waals surface area contributed by atoms with E-state index in [1.54, 1.807) is 30.3 Å². The van der Waals surface area contributed by atoms with Crippen LogP contribution in [-0.4, -0.2) is 16.8 Å². The van der Waals surface area contributed by atoms with Crippen LogP contribution in [0, 0.1) is 4.91 Å². The third-order valence-corrected chi connectivity index (χ3v) is 3.35. The van der Waals surface area contributed by atoms with Gasteiger partial charge in [-0.3, -0.25) is 0 Å². The zero-order chi connectivity index (χ0) is 16.7. The van der Waals surface area contributed by atoms with Crippen molar-refractivity contribution < 1.29 is 10.2 Å². The van der Waals surface area contributed by atoms with E-state index in [1.807, 2.05) is 24.3 Å². The molecule has 0 fully saturated rings. The predicted molar refractivity (Wildman–Crippen MR) is 91.9 cm³/mol. The van der Waals surface area contributed by atoms with Gasteiger partial charge in [-0.15, -0.1) is 4.91 Å². The van der Waals surface area contributed by atoms with Crippen molar-refractivity contribution in [2.45, 2.75) is 6.42 Å². The van der Waals surface area contributed by atoms with Gasteiger partial charge in [-0.2, -0.15) is 0 Å². The van der Waals surface area contributed by atoms with Gasteiger partial charge >= 0.3 is 0 Å². The van der Waals surface area contributed by atoms with Crippen molar-refractivity contribution >= 4 is 16.5 Å². The number of nitrogens with zero attached hydrogens (tertiary/aromatic N) is 1. The number of aromatic hydroxyl groups is 2. The van der Waals surface area contributed by atoms with Crippen molar-refractivity contribution in [3.8, 4) is 11.5 Å². The van der Waals surface area contributed by atoms with E-state index in [2.05, 4.69) is 5.18 Å². The molecule has 23 heavy (non-hydrogen) atoms. The molecule has 0 saturated carbocycles. The number of phenolic OH excluding ortho intramolecular Hbond substituents is 2. The first-order valence-corrected chi connectivity index (χ1v) is 7.17. The predicted octanol–water partition coefficient (Wildman–Crippen LogP) is 3.84. The molecule has 0 aromatic heterocycles. The normalized spacial score (nSPS) is 9.96. The van der Waals surface area contributed by atoms with Gasteiger partial charge in [-0.25, -0.2) is 0 Å². The molecule has 3 rings (SSSR count). The molecule has 0 atom stereocenters. The van der Waals surface area contributed by atoms with Gasteiger partial charge in [0.05, 0.1) is 0 Å². The highest BCUT2D eigenvalue weighted by atomic mass is 16.3. The van der Waals surface area contributed by atoms with Crippen LogP contribution in [-0.2, 0) is 6.42 Å². The fourth-order valence-electron chi connectivity index (χ4n) is 2.15. The third kappa shape index (κ3) is 4.28. The van der Waals surface area contributed by atoms with Crippen LogP contribution in [0.15, 0.2) is 65.8 Å². The Morgan fingerprint density at radius 3 is 2.26 bits per heavy atom. The van der Waals surface area contributed by atoms with Crippen LogP contribution in [0.2, 0.25) is 0 Å². The molecule has 4 N–H and O–H groups in total. The number of rotatable bonds is 3. The zero-order valence-electron chi connectivity index (χ0n) is 12.5. The second kappa shape index (κ2) is 7.91. The highest BCUT2D eigenvalue weighted by Crippen LogP contribution is 2.33. The lowest BCUT2D eigenvalue weighted by Gasteiger charge is -2.00. The number of benzene rings is 3. The summed E-state index contributed by atoms with van der Waals surface area (Å²) in [6, 6.07) is 17.6. The van der Waals surface area contributed by atoms with Crippen LogP contribution < -0.4 is 5.73 Å². The first-order chi connectivity index (χ1) is 11.2. The standard InChI is InChI=1S/C10H7NO2.C8H11NO/c12-10-8-4-2-1-3-7(8)5-6-9(10)11-13;9-6-5-7-1-3-8(10)4-2-7/h1-6,12H;1-4,10H,5-6,9H2. The first kappa shape index (κ1) is 16.5. The van der Waals surface area contributed by atoms with Gasteiger partial charge in [0.25, 0.3) is 0 Å². The molecule has 0 spiro atoms. The van der Waals surface area contributed by atoms with Gasteiger partial charge in [0.15, 0.2) is 5.75 Å². The Morgan fingerprint density at radius 1 is 0.913 bits per heavy atom. The van der Waals surface area contributed by atoms with Crippen LogP contribution in [0.3, 0.4) is 0 Å². The second-order valence-electron chi connectivity index (χ2n) is 4.95. The van der Waals surface area contributed by atoms with E-state index < -0.39 is 0 Å². The Labute approximate surface area is 134 Å². The summed E-state index contributed by atoms with van der Waals surface area (Å²) in [6.45, 7) is 0.658. The Morgan fingerprint density at radius 2 is 1.61 bits per heavy atom. The molecular formula is C18H18N2O3. The molecule has 0 radical (unpaired) electrons. The molecule has 118 valence electrons. The van der Waals surface area contributed by atoms with Crippen molar-refractivity contribution in [2.24, 2.45) is 10.9 Å². The summed E-state index contributed by atoms with van der Waals surface area (Å²) in [5, 5.41) is 22.7. The zero-order valence-corrected chi connectivity index (χ0v) is 12.5. The Kier molecular flexibility index (Phi) is 5.66. The average Bonchev–Trinajstić information content (AvgIpc) is 2.58. The lowest BCUT2D eigenvalue weighted by atomic mass is 10.1. The summed E-state index contributed by atoms with van der Waals surface area (Å²) in [6.07, 6.45) is 0.875. The summed E-state index contributed by atoms with van der Waals surface area (Å²) < 4.78 is 0. The molecular weight excluding hydrogens is 292 g/mol. The Hall–Kier alpha value is -2.92. The fraction of sp³-hybridized carbons (Fsp3) is 0.111. The smallest absolute Gasteiger partial charge is 0.152 e. The molecule has 0 aliphatic rings. The molecule has 0 heterocycles. The lowest BCUT2D eigenvalue weighted by molar-refractivity contribution is 0.475. The van der Waals surface area contributed by atoms with E-state index in [9.17, 15) is 10.0 Å². The Balaban J connectivity index is 0.000000174. The molecule has 0 aliphatic heterocycles. The van der Waals surface area contributed by atoms with Crippen LogP contribution in [0.4, 0.5) is 5.69 Å². The molecule has 0 saturated heterocycles. The number of hydrogen-bond donors (Lipinski definition) is 3. The number of phenols is 2. The summed E-state index contributed by atoms with van der Waals surface area (Å²) in [5.41, 5.74) is 6.59.